The van der Waals surface area contributed by atoms with Crippen molar-refractivity contribution in [3.63, 3.8) is 0 Å². The molecule has 0 spiro atoms. The molecule has 0 aromatic carbocycles. The highest BCUT2D eigenvalue weighted by Crippen LogP contribution is 2.27. The van der Waals surface area contributed by atoms with Gasteiger partial charge in [0.2, 0.25) is 0 Å². The van der Waals surface area contributed by atoms with Gasteiger partial charge in [-0.3, -0.25) is 0 Å². The van der Waals surface area contributed by atoms with Crippen LogP contribution in [-0.4, -0.2) is 30.8 Å². The highest BCUT2D eigenvalue weighted by Gasteiger charge is 2.30. The molecule has 14 heavy (non-hydrogen) atoms. The van der Waals surface area contributed by atoms with Gasteiger partial charge in [0, 0.05) is 18.5 Å². The molecule has 0 aliphatic carbocycles. The standard InChI is InChI=1S/C12H23NO/c1-4-12(5-2,10-14)9-13-7-6-11(3)8-13/h10-11H,4-9H2,1-3H3. The Balaban J connectivity index is 2.51. The van der Waals surface area contributed by atoms with Crippen LogP contribution in [0.25, 0.3) is 0 Å². The fourth-order valence-electron chi connectivity index (χ4n) is 2.29. The molecule has 1 heterocycles. The maximum atomic E-state index is 11.1. The maximum Gasteiger partial charge on any atom is 0.127 e. The molecule has 0 N–H and O–H groups in total. The average Bonchev–Trinajstić information content (AvgIpc) is 2.61. The lowest BCUT2D eigenvalue weighted by Gasteiger charge is -2.30. The van der Waals surface area contributed by atoms with Crippen molar-refractivity contribution in [1.82, 2.24) is 4.90 Å². The van der Waals surface area contributed by atoms with E-state index in [2.05, 4.69) is 25.7 Å². The van der Waals surface area contributed by atoms with Crippen LogP contribution in [0.15, 0.2) is 0 Å². The number of hydrogen-bond acceptors (Lipinski definition) is 2. The molecule has 0 saturated carbocycles. The summed E-state index contributed by atoms with van der Waals surface area (Å²) in [4.78, 5) is 13.6. The number of nitrogens with zero attached hydrogens (tertiary/aromatic N) is 1. The summed E-state index contributed by atoms with van der Waals surface area (Å²) in [5, 5.41) is 0. The average molecular weight is 197 g/mol. The number of likely N-dealkylation sites (tertiary alicyclic amines) is 1. The zero-order valence-electron chi connectivity index (χ0n) is 9.75. The second kappa shape index (κ2) is 4.92. The van der Waals surface area contributed by atoms with Gasteiger partial charge in [-0.15, -0.1) is 0 Å². The molecular weight excluding hydrogens is 174 g/mol. The molecule has 1 aliphatic heterocycles. The molecule has 0 radical (unpaired) electrons. The van der Waals surface area contributed by atoms with Crippen LogP contribution in [-0.2, 0) is 4.79 Å². The van der Waals surface area contributed by atoms with Crippen LogP contribution in [0.1, 0.15) is 40.0 Å². The third kappa shape index (κ3) is 2.57. The van der Waals surface area contributed by atoms with E-state index in [0.717, 1.165) is 25.3 Å². The van der Waals surface area contributed by atoms with Gasteiger partial charge < -0.3 is 9.69 Å². The molecule has 1 fully saturated rings. The summed E-state index contributed by atoms with van der Waals surface area (Å²) >= 11 is 0. The molecule has 0 aromatic heterocycles. The van der Waals surface area contributed by atoms with Crippen molar-refractivity contribution in [2.45, 2.75) is 40.0 Å². The van der Waals surface area contributed by atoms with Gasteiger partial charge in [-0.1, -0.05) is 20.8 Å². The molecular formula is C12H23NO. The normalized spacial score (nSPS) is 24.1. The van der Waals surface area contributed by atoms with Crippen LogP contribution < -0.4 is 0 Å². The molecule has 0 aromatic rings. The molecule has 82 valence electrons. The Morgan fingerprint density at radius 2 is 2.07 bits per heavy atom. The molecule has 1 saturated heterocycles. The molecule has 1 rings (SSSR count). The van der Waals surface area contributed by atoms with Crippen molar-refractivity contribution < 1.29 is 4.79 Å². The minimum Gasteiger partial charge on any atom is -0.303 e. The Morgan fingerprint density at radius 1 is 1.43 bits per heavy atom. The molecule has 2 heteroatoms. The van der Waals surface area contributed by atoms with Gasteiger partial charge in [-0.2, -0.15) is 0 Å². The van der Waals surface area contributed by atoms with E-state index in [4.69, 9.17) is 0 Å². The quantitative estimate of drug-likeness (QED) is 0.630. The lowest BCUT2D eigenvalue weighted by atomic mass is 9.83. The maximum absolute atomic E-state index is 11.1. The van der Waals surface area contributed by atoms with Crippen molar-refractivity contribution in [2.24, 2.45) is 11.3 Å². The molecule has 0 amide bonds. The highest BCUT2D eigenvalue weighted by atomic mass is 16.1. The van der Waals surface area contributed by atoms with E-state index in [1.165, 1.54) is 25.8 Å². The zero-order valence-corrected chi connectivity index (χ0v) is 9.75. The van der Waals surface area contributed by atoms with Crippen LogP contribution in [0.5, 0.6) is 0 Å². The van der Waals surface area contributed by atoms with Crippen molar-refractivity contribution in [2.75, 3.05) is 19.6 Å². The second-order valence-electron chi connectivity index (χ2n) is 4.82. The minimum absolute atomic E-state index is 0.0793. The third-order valence-electron chi connectivity index (χ3n) is 3.70. The topological polar surface area (TPSA) is 20.3 Å². The summed E-state index contributed by atoms with van der Waals surface area (Å²) in [5.74, 6) is 0.813. The van der Waals surface area contributed by atoms with E-state index < -0.39 is 0 Å². The third-order valence-corrected chi connectivity index (χ3v) is 3.70. The van der Waals surface area contributed by atoms with E-state index in [0.29, 0.717) is 0 Å². The fraction of sp³-hybridized carbons (Fsp3) is 0.917. The zero-order chi connectivity index (χ0) is 10.6. The Morgan fingerprint density at radius 3 is 2.43 bits per heavy atom. The van der Waals surface area contributed by atoms with Crippen molar-refractivity contribution in [3.05, 3.63) is 0 Å². The Kier molecular flexibility index (Phi) is 4.11. The van der Waals surface area contributed by atoms with E-state index in [9.17, 15) is 4.79 Å². The monoisotopic (exact) mass is 197 g/mol. The molecule has 1 aliphatic rings. The summed E-state index contributed by atoms with van der Waals surface area (Å²) < 4.78 is 0. The second-order valence-corrected chi connectivity index (χ2v) is 4.82. The van der Waals surface area contributed by atoms with E-state index in [1.54, 1.807) is 0 Å². The van der Waals surface area contributed by atoms with Crippen molar-refractivity contribution in [3.8, 4) is 0 Å². The van der Waals surface area contributed by atoms with Gasteiger partial charge in [-0.05, 0) is 31.7 Å². The van der Waals surface area contributed by atoms with E-state index in [1.807, 2.05) is 0 Å². The number of hydrogen-bond donors (Lipinski definition) is 0. The van der Waals surface area contributed by atoms with Crippen LogP contribution in [0.3, 0.4) is 0 Å². The van der Waals surface area contributed by atoms with Crippen LogP contribution in [0.2, 0.25) is 0 Å². The van der Waals surface area contributed by atoms with E-state index in [-0.39, 0.29) is 5.41 Å². The Labute approximate surface area is 87.7 Å². The summed E-state index contributed by atoms with van der Waals surface area (Å²) in [6, 6.07) is 0. The summed E-state index contributed by atoms with van der Waals surface area (Å²) in [6.45, 7) is 9.86. The largest absolute Gasteiger partial charge is 0.303 e. The lowest BCUT2D eigenvalue weighted by Crippen LogP contribution is -2.37. The number of aldehydes is 1. The van der Waals surface area contributed by atoms with Crippen LogP contribution >= 0.6 is 0 Å². The van der Waals surface area contributed by atoms with Gasteiger partial charge in [0.1, 0.15) is 6.29 Å². The molecule has 2 nitrogen and oxygen atoms in total. The number of carbonyl (C=O) groups is 1. The molecule has 0 bridgehead atoms. The van der Waals surface area contributed by atoms with Gasteiger partial charge in [-0.25, -0.2) is 0 Å². The predicted octanol–water partition coefficient (Wildman–Crippen LogP) is 2.33. The first-order chi connectivity index (χ1) is 6.65. The number of rotatable bonds is 5. The smallest absolute Gasteiger partial charge is 0.127 e. The summed E-state index contributed by atoms with van der Waals surface area (Å²) in [6.07, 6.45) is 4.41. The Bertz CT molecular complexity index is 187. The highest BCUT2D eigenvalue weighted by molar-refractivity contribution is 5.59. The van der Waals surface area contributed by atoms with Crippen LogP contribution in [0, 0.1) is 11.3 Å². The first kappa shape index (κ1) is 11.7. The van der Waals surface area contributed by atoms with Crippen molar-refractivity contribution >= 4 is 6.29 Å². The van der Waals surface area contributed by atoms with Gasteiger partial charge in [0.15, 0.2) is 0 Å². The van der Waals surface area contributed by atoms with Gasteiger partial charge >= 0.3 is 0 Å². The van der Waals surface area contributed by atoms with E-state index >= 15 is 0 Å². The Hall–Kier alpha value is -0.370. The summed E-state index contributed by atoms with van der Waals surface area (Å²) in [7, 11) is 0. The molecule has 1 atom stereocenters. The lowest BCUT2D eigenvalue weighted by molar-refractivity contribution is -0.117. The van der Waals surface area contributed by atoms with Crippen LogP contribution in [0.4, 0.5) is 0 Å². The van der Waals surface area contributed by atoms with Gasteiger partial charge in [0.05, 0.1) is 0 Å². The predicted molar refractivity (Wildman–Crippen MR) is 59.3 cm³/mol. The van der Waals surface area contributed by atoms with Crippen molar-refractivity contribution in [1.29, 1.82) is 0 Å². The summed E-state index contributed by atoms with van der Waals surface area (Å²) in [5.41, 5.74) is -0.0793. The SMILES string of the molecule is CCC(C=O)(CC)CN1CCC(C)C1. The first-order valence-corrected chi connectivity index (χ1v) is 5.84. The first-order valence-electron chi connectivity index (χ1n) is 5.84. The van der Waals surface area contributed by atoms with Gasteiger partial charge in [0.25, 0.3) is 0 Å². The molecule has 1 unspecified atom stereocenters. The number of carbonyl (C=O) groups excluding carboxylic acids is 1. The fourth-order valence-corrected chi connectivity index (χ4v) is 2.29. The minimum atomic E-state index is -0.0793.